The van der Waals surface area contributed by atoms with Crippen LogP contribution in [-0.2, 0) is 9.59 Å². The molecule has 4 rings (SSSR count). The van der Waals surface area contributed by atoms with E-state index in [2.05, 4.69) is 15.5 Å². The van der Waals surface area contributed by atoms with Gasteiger partial charge in [0.2, 0.25) is 11.8 Å². The van der Waals surface area contributed by atoms with Crippen LogP contribution in [0.3, 0.4) is 0 Å². The van der Waals surface area contributed by atoms with Crippen LogP contribution >= 0.6 is 0 Å². The van der Waals surface area contributed by atoms with Gasteiger partial charge in [-0.05, 0) is 18.6 Å². The Morgan fingerprint density at radius 2 is 1.86 bits per heavy atom. The van der Waals surface area contributed by atoms with E-state index in [1.165, 1.54) is 0 Å². The number of amides is 4. The molecule has 2 N–H and O–H groups in total. The molecule has 4 amide bonds. The lowest BCUT2D eigenvalue weighted by Crippen LogP contribution is -2.54. The van der Waals surface area contributed by atoms with Crippen molar-refractivity contribution in [2.75, 3.05) is 39.3 Å². The molecular formula is C19H22N4O5. The van der Waals surface area contributed by atoms with E-state index in [1.807, 2.05) is 0 Å². The Bertz CT molecular complexity index is 834. The van der Waals surface area contributed by atoms with Crippen molar-refractivity contribution in [3.63, 3.8) is 0 Å². The summed E-state index contributed by atoms with van der Waals surface area (Å²) < 4.78 is 5.83. The maximum atomic E-state index is 13.0. The van der Waals surface area contributed by atoms with Crippen molar-refractivity contribution < 1.29 is 23.9 Å². The lowest BCUT2D eigenvalue weighted by molar-refractivity contribution is -0.136. The summed E-state index contributed by atoms with van der Waals surface area (Å²) in [6.45, 7) is 4.89. The van der Waals surface area contributed by atoms with Crippen LogP contribution in [0.15, 0.2) is 18.2 Å². The van der Waals surface area contributed by atoms with Gasteiger partial charge in [-0.2, -0.15) is 0 Å². The van der Waals surface area contributed by atoms with Gasteiger partial charge < -0.3 is 10.1 Å². The number of imide groups is 2. The predicted molar refractivity (Wildman–Crippen MR) is 97.9 cm³/mol. The zero-order chi connectivity index (χ0) is 19.7. The van der Waals surface area contributed by atoms with Gasteiger partial charge in [0, 0.05) is 39.1 Å². The van der Waals surface area contributed by atoms with Gasteiger partial charge in [-0.15, -0.1) is 0 Å². The first-order valence-corrected chi connectivity index (χ1v) is 9.46. The molecule has 2 fully saturated rings. The maximum absolute atomic E-state index is 13.0. The third-order valence-corrected chi connectivity index (χ3v) is 5.30. The van der Waals surface area contributed by atoms with Gasteiger partial charge >= 0.3 is 0 Å². The Hall–Kier alpha value is -2.78. The molecule has 0 aliphatic carbocycles. The zero-order valence-corrected chi connectivity index (χ0v) is 15.4. The molecule has 1 aromatic rings. The van der Waals surface area contributed by atoms with Gasteiger partial charge in [-0.3, -0.25) is 34.3 Å². The molecule has 0 bridgehead atoms. The number of carbonyl (C=O) groups is 4. The van der Waals surface area contributed by atoms with E-state index >= 15 is 0 Å². The van der Waals surface area contributed by atoms with Crippen molar-refractivity contribution in [2.45, 2.75) is 18.9 Å². The van der Waals surface area contributed by atoms with E-state index in [0.29, 0.717) is 12.4 Å². The average Bonchev–Trinajstić information content (AvgIpc) is 2.94. The molecule has 0 saturated carbocycles. The normalized spacial score (nSPS) is 23.0. The lowest BCUT2D eigenvalue weighted by atomic mass is 10.0. The van der Waals surface area contributed by atoms with Crippen molar-refractivity contribution in [1.29, 1.82) is 0 Å². The lowest BCUT2D eigenvalue weighted by Gasteiger charge is -2.28. The number of hydrogen-bond donors (Lipinski definition) is 2. The summed E-state index contributed by atoms with van der Waals surface area (Å²) in [7, 11) is 0. The molecule has 0 radical (unpaired) electrons. The van der Waals surface area contributed by atoms with Crippen molar-refractivity contribution >= 4 is 23.6 Å². The van der Waals surface area contributed by atoms with Crippen LogP contribution in [0.25, 0.3) is 0 Å². The number of ether oxygens (including phenoxy) is 1. The number of rotatable bonds is 5. The highest BCUT2D eigenvalue weighted by Crippen LogP contribution is 2.33. The monoisotopic (exact) mass is 386 g/mol. The molecule has 0 spiro atoms. The second-order valence-electron chi connectivity index (χ2n) is 7.07. The van der Waals surface area contributed by atoms with E-state index in [0.717, 1.165) is 37.6 Å². The van der Waals surface area contributed by atoms with Crippen LogP contribution in [0.2, 0.25) is 0 Å². The van der Waals surface area contributed by atoms with Crippen molar-refractivity contribution in [2.24, 2.45) is 0 Å². The molecule has 9 nitrogen and oxygen atoms in total. The Kier molecular flexibility index (Phi) is 5.10. The zero-order valence-electron chi connectivity index (χ0n) is 15.4. The van der Waals surface area contributed by atoms with E-state index < -0.39 is 29.7 Å². The fourth-order valence-corrected chi connectivity index (χ4v) is 3.82. The van der Waals surface area contributed by atoms with Crippen molar-refractivity contribution in [1.82, 2.24) is 20.4 Å². The summed E-state index contributed by atoms with van der Waals surface area (Å²) >= 11 is 0. The molecule has 0 aromatic heterocycles. The molecular weight excluding hydrogens is 364 g/mol. The Morgan fingerprint density at radius 1 is 1.07 bits per heavy atom. The van der Waals surface area contributed by atoms with Crippen LogP contribution in [0.4, 0.5) is 0 Å². The third kappa shape index (κ3) is 3.38. The highest BCUT2D eigenvalue weighted by molar-refractivity contribution is 6.24. The van der Waals surface area contributed by atoms with Crippen LogP contribution < -0.4 is 15.4 Å². The summed E-state index contributed by atoms with van der Waals surface area (Å²) in [5.74, 6) is -1.74. The molecule has 3 aliphatic heterocycles. The molecule has 9 heteroatoms. The fraction of sp³-hybridized carbons (Fsp3) is 0.474. The van der Waals surface area contributed by atoms with Crippen LogP contribution in [0.5, 0.6) is 5.75 Å². The van der Waals surface area contributed by atoms with Crippen LogP contribution in [-0.4, -0.2) is 78.8 Å². The summed E-state index contributed by atoms with van der Waals surface area (Å²) in [4.78, 5) is 52.5. The average molecular weight is 386 g/mol. The predicted octanol–water partition coefficient (Wildman–Crippen LogP) is -0.628. The molecule has 2 saturated heterocycles. The maximum Gasteiger partial charge on any atom is 0.266 e. The minimum Gasteiger partial charge on any atom is -0.491 e. The van der Waals surface area contributed by atoms with Gasteiger partial charge in [0.1, 0.15) is 18.4 Å². The number of piperidine rings is 1. The molecule has 148 valence electrons. The fourth-order valence-electron chi connectivity index (χ4n) is 3.82. The second kappa shape index (κ2) is 7.69. The van der Waals surface area contributed by atoms with Gasteiger partial charge in [0.25, 0.3) is 11.8 Å². The molecule has 3 heterocycles. The number of carbonyl (C=O) groups excluding carboxylic acids is 4. The summed E-state index contributed by atoms with van der Waals surface area (Å²) in [6, 6.07) is 3.91. The second-order valence-corrected chi connectivity index (χ2v) is 7.07. The van der Waals surface area contributed by atoms with Crippen LogP contribution in [0.1, 0.15) is 33.6 Å². The molecule has 1 aromatic carbocycles. The Labute approximate surface area is 162 Å². The number of fused-ring (bicyclic) bond motifs is 1. The van der Waals surface area contributed by atoms with E-state index in [4.69, 9.17) is 4.74 Å². The topological polar surface area (TPSA) is 108 Å². The largest absolute Gasteiger partial charge is 0.491 e. The van der Waals surface area contributed by atoms with E-state index in [9.17, 15) is 19.2 Å². The van der Waals surface area contributed by atoms with Gasteiger partial charge in [0.05, 0.1) is 11.1 Å². The Balaban J connectivity index is 1.49. The first-order chi connectivity index (χ1) is 13.6. The number of nitrogens with one attached hydrogen (secondary N) is 2. The molecule has 1 unspecified atom stereocenters. The number of hydrogen-bond acceptors (Lipinski definition) is 7. The summed E-state index contributed by atoms with van der Waals surface area (Å²) in [5, 5.41) is 5.48. The number of nitrogens with zero attached hydrogens (tertiary/aromatic N) is 2. The van der Waals surface area contributed by atoms with Crippen molar-refractivity contribution in [3.8, 4) is 5.75 Å². The summed E-state index contributed by atoms with van der Waals surface area (Å²) in [5.41, 5.74) is 0.423. The quantitative estimate of drug-likeness (QED) is 0.649. The minimum absolute atomic E-state index is 0.0951. The standard InChI is InChI=1S/C19H22N4O5/c24-15-5-4-13(17(25)21-15)23-18(26)12-2-1-3-14(16(12)19(23)27)28-11-10-22-8-6-20-7-9-22/h1-3,13,20H,4-11H2,(H,21,24,25). The Morgan fingerprint density at radius 3 is 2.61 bits per heavy atom. The highest BCUT2D eigenvalue weighted by Gasteiger charge is 2.45. The smallest absolute Gasteiger partial charge is 0.266 e. The molecule has 28 heavy (non-hydrogen) atoms. The van der Waals surface area contributed by atoms with Crippen molar-refractivity contribution in [3.05, 3.63) is 29.3 Å². The first-order valence-electron chi connectivity index (χ1n) is 9.46. The molecule has 1 atom stereocenters. The van der Waals surface area contributed by atoms with Crippen LogP contribution in [0, 0.1) is 0 Å². The van der Waals surface area contributed by atoms with Gasteiger partial charge in [0.15, 0.2) is 0 Å². The van der Waals surface area contributed by atoms with Gasteiger partial charge in [-0.25, -0.2) is 0 Å². The summed E-state index contributed by atoms with van der Waals surface area (Å²) in [6.07, 6.45) is 0.229. The number of benzene rings is 1. The molecule has 3 aliphatic rings. The minimum atomic E-state index is -0.973. The first kappa shape index (κ1) is 18.6. The van der Waals surface area contributed by atoms with E-state index in [1.54, 1.807) is 18.2 Å². The van der Waals surface area contributed by atoms with E-state index in [-0.39, 0.29) is 24.0 Å². The number of piperazine rings is 1. The highest BCUT2D eigenvalue weighted by atomic mass is 16.5. The third-order valence-electron chi connectivity index (χ3n) is 5.30. The SMILES string of the molecule is O=C1CCC(N2C(=O)c3cccc(OCCN4CCNCC4)c3C2=O)C(=O)N1. The van der Waals surface area contributed by atoms with Gasteiger partial charge in [-0.1, -0.05) is 6.07 Å².